The topological polar surface area (TPSA) is 27.7 Å². The van der Waals surface area contributed by atoms with Crippen LogP contribution in [-0.4, -0.2) is 37.9 Å². The summed E-state index contributed by atoms with van der Waals surface area (Å²) >= 11 is 9.75. The molecule has 0 spiro atoms. The number of hydrogen-bond acceptors (Lipinski definition) is 3. The van der Waals surface area contributed by atoms with Gasteiger partial charge in [-0.25, -0.2) is 0 Å². The van der Waals surface area contributed by atoms with E-state index in [2.05, 4.69) is 29.8 Å². The van der Waals surface area contributed by atoms with E-state index in [9.17, 15) is 0 Å². The van der Waals surface area contributed by atoms with Gasteiger partial charge in [0.1, 0.15) is 18.0 Å². The Labute approximate surface area is 133 Å². The van der Waals surface area contributed by atoms with Gasteiger partial charge < -0.3 is 14.2 Å². The highest BCUT2D eigenvalue weighted by Gasteiger charge is 2.42. The normalized spacial score (nSPS) is 25.4. The Morgan fingerprint density at radius 2 is 1.90 bits per heavy atom. The molecule has 0 aromatic heterocycles. The first-order valence-electron chi connectivity index (χ1n) is 6.71. The summed E-state index contributed by atoms with van der Waals surface area (Å²) in [6, 6.07) is 4.07. The van der Waals surface area contributed by atoms with Gasteiger partial charge in [0.15, 0.2) is 0 Å². The van der Waals surface area contributed by atoms with Crippen molar-refractivity contribution in [1.82, 2.24) is 0 Å². The van der Waals surface area contributed by atoms with Crippen molar-refractivity contribution in [2.75, 3.05) is 20.3 Å². The van der Waals surface area contributed by atoms with Gasteiger partial charge in [-0.15, -0.1) is 11.6 Å². The van der Waals surface area contributed by atoms with Crippen molar-refractivity contribution in [3.8, 4) is 5.75 Å². The molecule has 1 aliphatic carbocycles. The van der Waals surface area contributed by atoms with E-state index in [1.807, 2.05) is 12.1 Å². The minimum Gasteiger partial charge on any atom is -0.488 e. The van der Waals surface area contributed by atoms with Gasteiger partial charge in [0.25, 0.3) is 0 Å². The van der Waals surface area contributed by atoms with Gasteiger partial charge in [-0.05, 0) is 37.1 Å². The minimum atomic E-state index is -0.0592. The van der Waals surface area contributed by atoms with Gasteiger partial charge in [0.2, 0.25) is 0 Å². The Kier molecular flexibility index (Phi) is 5.73. The van der Waals surface area contributed by atoms with Crippen LogP contribution in [0.25, 0.3) is 0 Å². The second kappa shape index (κ2) is 7.12. The second-order valence-corrected chi connectivity index (χ2v) is 6.46. The summed E-state index contributed by atoms with van der Waals surface area (Å²) in [5, 5.41) is 0.0227. The molecule has 3 unspecified atom stereocenters. The molecular weight excluding hydrogens is 344 g/mol. The van der Waals surface area contributed by atoms with Crippen molar-refractivity contribution in [3.63, 3.8) is 0 Å². The third-order valence-electron chi connectivity index (χ3n) is 3.48. The summed E-state index contributed by atoms with van der Waals surface area (Å²) in [7, 11) is 1.66. The molecule has 0 N–H and O–H groups in total. The maximum absolute atomic E-state index is 6.19. The predicted octanol–water partition coefficient (Wildman–Crippen LogP) is 3.86. The van der Waals surface area contributed by atoms with Crippen LogP contribution in [0.3, 0.4) is 0 Å². The van der Waals surface area contributed by atoms with Crippen LogP contribution < -0.4 is 4.74 Å². The molecule has 1 saturated carbocycles. The number of rotatable bonds is 6. The van der Waals surface area contributed by atoms with Gasteiger partial charge in [0.05, 0.1) is 18.6 Å². The largest absolute Gasteiger partial charge is 0.488 e. The highest BCUT2D eigenvalue weighted by Crippen LogP contribution is 2.34. The van der Waals surface area contributed by atoms with Crippen LogP contribution in [0.2, 0.25) is 0 Å². The molecule has 0 heterocycles. The predicted molar refractivity (Wildman–Crippen MR) is 83.9 cm³/mol. The first kappa shape index (κ1) is 16.1. The molecule has 3 nitrogen and oxygen atoms in total. The first-order valence-corrected chi connectivity index (χ1v) is 7.94. The smallest absolute Gasteiger partial charge is 0.128 e. The molecule has 5 heteroatoms. The van der Waals surface area contributed by atoms with Gasteiger partial charge in [-0.1, -0.05) is 15.9 Å². The maximum atomic E-state index is 6.19. The van der Waals surface area contributed by atoms with Crippen molar-refractivity contribution in [2.24, 2.45) is 0 Å². The van der Waals surface area contributed by atoms with E-state index >= 15 is 0 Å². The molecule has 3 atom stereocenters. The molecule has 0 aliphatic heterocycles. The molecule has 1 aromatic carbocycles. The molecule has 1 fully saturated rings. The Morgan fingerprint density at radius 1 is 1.25 bits per heavy atom. The lowest BCUT2D eigenvalue weighted by molar-refractivity contribution is -0.0898. The Hall–Kier alpha value is -0.290. The number of halogens is 2. The molecule has 1 aromatic rings. The van der Waals surface area contributed by atoms with E-state index in [1.165, 1.54) is 11.1 Å². The summed E-state index contributed by atoms with van der Waals surface area (Å²) in [5.41, 5.74) is 2.33. The number of alkyl halides is 1. The zero-order chi connectivity index (χ0) is 14.7. The molecule has 1 aliphatic rings. The summed E-state index contributed by atoms with van der Waals surface area (Å²) in [4.78, 5) is 0. The van der Waals surface area contributed by atoms with Gasteiger partial charge >= 0.3 is 0 Å². The van der Waals surface area contributed by atoms with Crippen molar-refractivity contribution in [3.05, 3.63) is 27.7 Å². The van der Waals surface area contributed by atoms with Gasteiger partial charge in [0, 0.05) is 18.0 Å². The third-order valence-corrected chi connectivity index (χ3v) is 5.15. The molecule has 0 amide bonds. The minimum absolute atomic E-state index is 0.0225. The van der Waals surface area contributed by atoms with E-state index in [-0.39, 0.29) is 17.6 Å². The fourth-order valence-electron chi connectivity index (χ4n) is 2.27. The number of hydrogen-bond donors (Lipinski definition) is 0. The van der Waals surface area contributed by atoms with Crippen LogP contribution in [0.5, 0.6) is 5.75 Å². The Balaban J connectivity index is 1.96. The fourth-order valence-corrected chi connectivity index (χ4v) is 2.91. The highest BCUT2D eigenvalue weighted by atomic mass is 79.9. The average Bonchev–Trinajstić information content (AvgIpc) is 2.40. The van der Waals surface area contributed by atoms with Crippen molar-refractivity contribution in [2.45, 2.75) is 37.9 Å². The quantitative estimate of drug-likeness (QED) is 0.567. The van der Waals surface area contributed by atoms with Crippen LogP contribution in [0.4, 0.5) is 0 Å². The van der Waals surface area contributed by atoms with E-state index < -0.39 is 0 Å². The maximum Gasteiger partial charge on any atom is 0.128 e. The first-order chi connectivity index (χ1) is 9.52. The zero-order valence-corrected chi connectivity index (χ0v) is 14.3. The van der Waals surface area contributed by atoms with Crippen LogP contribution in [0.1, 0.15) is 17.5 Å². The summed E-state index contributed by atoms with van der Waals surface area (Å²) in [6.07, 6.45) is 0.776. The lowest BCUT2D eigenvalue weighted by Gasteiger charge is -2.40. The number of ether oxygens (including phenoxy) is 3. The molecule has 20 heavy (non-hydrogen) atoms. The van der Waals surface area contributed by atoms with Crippen molar-refractivity contribution < 1.29 is 14.2 Å². The standard InChI is InChI=1S/C15H20BrClO3/c1-9-6-11(7-10(2)14(9)16)20-13-8-12(17)15(13)19-5-4-18-3/h6-7,12-13,15H,4-5,8H2,1-3H3. The SMILES string of the molecule is COCCOC1C(Cl)CC1Oc1cc(C)c(Br)c(C)c1. The monoisotopic (exact) mass is 362 g/mol. The van der Waals surface area contributed by atoms with Crippen LogP contribution in [-0.2, 0) is 9.47 Å². The molecule has 0 saturated heterocycles. The lowest BCUT2D eigenvalue weighted by Crippen LogP contribution is -2.53. The lowest BCUT2D eigenvalue weighted by atomic mass is 9.91. The van der Waals surface area contributed by atoms with E-state index in [0.29, 0.717) is 13.2 Å². The fraction of sp³-hybridized carbons (Fsp3) is 0.600. The van der Waals surface area contributed by atoms with E-state index in [1.54, 1.807) is 7.11 Å². The van der Waals surface area contributed by atoms with Crippen molar-refractivity contribution >= 4 is 27.5 Å². The molecular formula is C15H20BrClO3. The summed E-state index contributed by atoms with van der Waals surface area (Å²) in [5.74, 6) is 0.872. The molecule has 0 radical (unpaired) electrons. The zero-order valence-electron chi connectivity index (χ0n) is 12.0. The molecule has 2 rings (SSSR count). The third kappa shape index (κ3) is 3.67. The number of methoxy groups -OCH3 is 1. The van der Waals surface area contributed by atoms with Crippen LogP contribution >= 0.6 is 27.5 Å². The van der Waals surface area contributed by atoms with Crippen molar-refractivity contribution in [1.29, 1.82) is 0 Å². The second-order valence-electron chi connectivity index (χ2n) is 5.11. The Morgan fingerprint density at radius 3 is 2.45 bits per heavy atom. The average molecular weight is 364 g/mol. The summed E-state index contributed by atoms with van der Waals surface area (Å²) in [6.45, 7) is 5.23. The summed E-state index contributed by atoms with van der Waals surface area (Å²) < 4.78 is 17.8. The van der Waals surface area contributed by atoms with E-state index in [0.717, 1.165) is 16.6 Å². The molecule has 112 valence electrons. The van der Waals surface area contributed by atoms with Gasteiger partial charge in [-0.2, -0.15) is 0 Å². The molecule has 0 bridgehead atoms. The Bertz CT molecular complexity index is 443. The highest BCUT2D eigenvalue weighted by molar-refractivity contribution is 9.10. The van der Waals surface area contributed by atoms with Crippen LogP contribution in [0, 0.1) is 13.8 Å². The van der Waals surface area contributed by atoms with Gasteiger partial charge in [-0.3, -0.25) is 0 Å². The van der Waals surface area contributed by atoms with E-state index in [4.69, 9.17) is 25.8 Å². The van der Waals surface area contributed by atoms with Crippen LogP contribution in [0.15, 0.2) is 16.6 Å². The number of benzene rings is 1. The number of aryl methyl sites for hydroxylation is 2.